The lowest BCUT2D eigenvalue weighted by molar-refractivity contribution is 0.706. The van der Waals surface area contributed by atoms with Crippen molar-refractivity contribution in [1.29, 1.82) is 0 Å². The summed E-state index contributed by atoms with van der Waals surface area (Å²) in [6.07, 6.45) is 8.89. The Bertz CT molecular complexity index is 372. The first-order valence-electron chi connectivity index (χ1n) is 7.14. The van der Waals surface area contributed by atoms with Gasteiger partial charge in [0.2, 0.25) is 0 Å². The average molecular weight is 248 g/mol. The molecule has 1 heterocycles. The largest absolute Gasteiger partial charge is 0.355 e. The van der Waals surface area contributed by atoms with E-state index in [1.807, 2.05) is 0 Å². The molecule has 1 aliphatic rings. The van der Waals surface area contributed by atoms with Gasteiger partial charge in [0, 0.05) is 30.9 Å². The Kier molecular flexibility index (Phi) is 4.93. The number of hydrogen-bond donors (Lipinski definition) is 1. The van der Waals surface area contributed by atoms with Crippen LogP contribution in [0.5, 0.6) is 0 Å². The molecule has 1 aromatic rings. The van der Waals surface area contributed by atoms with Crippen molar-refractivity contribution in [1.82, 2.24) is 9.97 Å². The Hall–Kier alpha value is -1.16. The molecular formula is C14H24N4. The smallest absolute Gasteiger partial charge is 0.135 e. The molecule has 1 aliphatic carbocycles. The van der Waals surface area contributed by atoms with E-state index in [4.69, 9.17) is 5.73 Å². The summed E-state index contributed by atoms with van der Waals surface area (Å²) in [7, 11) is 0. The SMILES string of the molecule is CCCN(CCN)c1ncnc2c1CCCCC2. The van der Waals surface area contributed by atoms with E-state index in [9.17, 15) is 0 Å². The summed E-state index contributed by atoms with van der Waals surface area (Å²) < 4.78 is 0. The lowest BCUT2D eigenvalue weighted by Crippen LogP contribution is -2.32. The summed E-state index contributed by atoms with van der Waals surface area (Å²) in [5.74, 6) is 1.13. The monoisotopic (exact) mass is 248 g/mol. The second kappa shape index (κ2) is 6.69. The molecule has 0 saturated carbocycles. The van der Waals surface area contributed by atoms with Crippen LogP contribution in [0.1, 0.15) is 43.9 Å². The number of nitrogens with zero attached hydrogens (tertiary/aromatic N) is 3. The second-order valence-electron chi connectivity index (χ2n) is 4.96. The predicted molar refractivity (Wildman–Crippen MR) is 74.8 cm³/mol. The zero-order valence-electron chi connectivity index (χ0n) is 11.4. The molecule has 100 valence electrons. The van der Waals surface area contributed by atoms with E-state index < -0.39 is 0 Å². The van der Waals surface area contributed by atoms with Gasteiger partial charge in [-0.15, -0.1) is 0 Å². The minimum absolute atomic E-state index is 0.679. The molecule has 0 aromatic carbocycles. The van der Waals surface area contributed by atoms with E-state index in [0.29, 0.717) is 6.54 Å². The van der Waals surface area contributed by atoms with Crippen LogP contribution in [0.3, 0.4) is 0 Å². The molecule has 0 bridgehead atoms. The maximum atomic E-state index is 5.72. The number of nitrogens with two attached hydrogens (primary N) is 1. The standard InChI is InChI=1S/C14H24N4/c1-2-9-18(10-8-15)14-12-6-4-3-5-7-13(12)16-11-17-14/h11H,2-10,15H2,1H3. The Balaban J connectivity index is 2.30. The summed E-state index contributed by atoms with van der Waals surface area (Å²) in [6, 6.07) is 0. The highest BCUT2D eigenvalue weighted by Gasteiger charge is 2.17. The molecule has 4 heteroatoms. The van der Waals surface area contributed by atoms with E-state index in [0.717, 1.165) is 38.2 Å². The Labute approximate surface area is 110 Å². The van der Waals surface area contributed by atoms with Crippen LogP contribution in [-0.4, -0.2) is 29.6 Å². The summed E-state index contributed by atoms with van der Waals surface area (Å²) >= 11 is 0. The Morgan fingerprint density at radius 2 is 2.00 bits per heavy atom. The van der Waals surface area contributed by atoms with Crippen LogP contribution in [0, 0.1) is 0 Å². The van der Waals surface area contributed by atoms with Gasteiger partial charge in [-0.2, -0.15) is 0 Å². The fourth-order valence-electron chi connectivity index (χ4n) is 2.70. The van der Waals surface area contributed by atoms with Crippen LogP contribution in [0.4, 0.5) is 5.82 Å². The first kappa shape index (κ1) is 13.3. The van der Waals surface area contributed by atoms with E-state index in [1.54, 1.807) is 6.33 Å². The highest BCUT2D eigenvalue weighted by atomic mass is 15.2. The van der Waals surface area contributed by atoms with E-state index in [1.165, 1.54) is 30.5 Å². The molecule has 0 atom stereocenters. The fraction of sp³-hybridized carbons (Fsp3) is 0.714. The van der Waals surface area contributed by atoms with Gasteiger partial charge in [-0.3, -0.25) is 0 Å². The molecule has 0 amide bonds. The highest BCUT2D eigenvalue weighted by molar-refractivity contribution is 5.49. The highest BCUT2D eigenvalue weighted by Crippen LogP contribution is 2.26. The molecule has 0 radical (unpaired) electrons. The normalized spacial score (nSPS) is 15.0. The molecule has 0 fully saturated rings. The van der Waals surface area contributed by atoms with Crippen molar-refractivity contribution < 1.29 is 0 Å². The third-order valence-corrected chi connectivity index (χ3v) is 3.54. The number of hydrogen-bond acceptors (Lipinski definition) is 4. The summed E-state index contributed by atoms with van der Waals surface area (Å²) in [5.41, 5.74) is 8.35. The van der Waals surface area contributed by atoms with Gasteiger partial charge in [0.05, 0.1) is 0 Å². The zero-order valence-corrected chi connectivity index (χ0v) is 11.4. The van der Waals surface area contributed by atoms with Crippen molar-refractivity contribution in [3.63, 3.8) is 0 Å². The number of rotatable bonds is 5. The molecule has 4 nitrogen and oxygen atoms in total. The van der Waals surface area contributed by atoms with Crippen molar-refractivity contribution in [3.05, 3.63) is 17.6 Å². The first-order chi connectivity index (χ1) is 8.86. The molecule has 0 spiro atoms. The summed E-state index contributed by atoms with van der Waals surface area (Å²) in [5, 5.41) is 0. The Morgan fingerprint density at radius 1 is 1.17 bits per heavy atom. The molecule has 0 aliphatic heterocycles. The number of fused-ring (bicyclic) bond motifs is 1. The van der Waals surface area contributed by atoms with Gasteiger partial charge in [-0.05, 0) is 32.1 Å². The van der Waals surface area contributed by atoms with Crippen molar-refractivity contribution >= 4 is 5.82 Å². The number of anilines is 1. The van der Waals surface area contributed by atoms with Crippen LogP contribution in [0.15, 0.2) is 6.33 Å². The number of aromatic nitrogens is 2. The lowest BCUT2D eigenvalue weighted by atomic mass is 10.1. The van der Waals surface area contributed by atoms with Gasteiger partial charge in [-0.25, -0.2) is 9.97 Å². The van der Waals surface area contributed by atoms with Gasteiger partial charge in [-0.1, -0.05) is 13.3 Å². The molecular weight excluding hydrogens is 224 g/mol. The van der Waals surface area contributed by atoms with Crippen molar-refractivity contribution in [3.8, 4) is 0 Å². The maximum absolute atomic E-state index is 5.72. The van der Waals surface area contributed by atoms with Gasteiger partial charge in [0.1, 0.15) is 12.1 Å². The van der Waals surface area contributed by atoms with E-state index >= 15 is 0 Å². The topological polar surface area (TPSA) is 55.0 Å². The van der Waals surface area contributed by atoms with Crippen molar-refractivity contribution in [2.45, 2.75) is 45.4 Å². The van der Waals surface area contributed by atoms with E-state index in [-0.39, 0.29) is 0 Å². The van der Waals surface area contributed by atoms with Crippen LogP contribution in [0.25, 0.3) is 0 Å². The first-order valence-corrected chi connectivity index (χ1v) is 7.14. The van der Waals surface area contributed by atoms with Gasteiger partial charge in [0.25, 0.3) is 0 Å². The van der Waals surface area contributed by atoms with Gasteiger partial charge in [0.15, 0.2) is 0 Å². The second-order valence-corrected chi connectivity index (χ2v) is 4.96. The average Bonchev–Trinajstić information content (AvgIpc) is 2.63. The fourth-order valence-corrected chi connectivity index (χ4v) is 2.70. The molecule has 2 N–H and O–H groups in total. The van der Waals surface area contributed by atoms with Crippen LogP contribution >= 0.6 is 0 Å². The van der Waals surface area contributed by atoms with E-state index in [2.05, 4.69) is 21.8 Å². The van der Waals surface area contributed by atoms with Crippen LogP contribution < -0.4 is 10.6 Å². The summed E-state index contributed by atoms with van der Waals surface area (Å²) in [4.78, 5) is 11.3. The van der Waals surface area contributed by atoms with Gasteiger partial charge < -0.3 is 10.6 Å². The maximum Gasteiger partial charge on any atom is 0.135 e. The van der Waals surface area contributed by atoms with Crippen molar-refractivity contribution in [2.24, 2.45) is 5.73 Å². The molecule has 0 unspecified atom stereocenters. The minimum atomic E-state index is 0.679. The zero-order chi connectivity index (χ0) is 12.8. The summed E-state index contributed by atoms with van der Waals surface area (Å²) in [6.45, 7) is 4.79. The minimum Gasteiger partial charge on any atom is -0.355 e. The molecule has 0 saturated heterocycles. The number of aryl methyl sites for hydroxylation is 1. The molecule has 1 aromatic heterocycles. The van der Waals surface area contributed by atoms with Crippen molar-refractivity contribution in [2.75, 3.05) is 24.5 Å². The van der Waals surface area contributed by atoms with Crippen LogP contribution in [0.2, 0.25) is 0 Å². The third kappa shape index (κ3) is 2.99. The third-order valence-electron chi connectivity index (χ3n) is 3.54. The Morgan fingerprint density at radius 3 is 2.78 bits per heavy atom. The lowest BCUT2D eigenvalue weighted by Gasteiger charge is -2.25. The predicted octanol–water partition coefficient (Wildman–Crippen LogP) is 1.92. The quantitative estimate of drug-likeness (QED) is 0.809. The van der Waals surface area contributed by atoms with Gasteiger partial charge >= 0.3 is 0 Å². The van der Waals surface area contributed by atoms with Crippen LogP contribution in [-0.2, 0) is 12.8 Å². The molecule has 18 heavy (non-hydrogen) atoms. The molecule has 2 rings (SSSR count).